The van der Waals surface area contributed by atoms with Crippen LogP contribution in [0.4, 0.5) is 11.5 Å². The molecule has 2 aliphatic rings. The first kappa shape index (κ1) is 23.1. The molecule has 0 bridgehead atoms. The van der Waals surface area contributed by atoms with Gasteiger partial charge in [0.05, 0.1) is 5.52 Å². The number of nitrogens with one attached hydrogen (secondary N) is 1. The normalized spacial score (nSPS) is 17.3. The van der Waals surface area contributed by atoms with Crippen LogP contribution in [0.5, 0.6) is 5.75 Å². The summed E-state index contributed by atoms with van der Waals surface area (Å²) < 4.78 is 6.55. The van der Waals surface area contributed by atoms with Crippen LogP contribution in [0.15, 0.2) is 53.0 Å². The van der Waals surface area contributed by atoms with E-state index in [1.54, 1.807) is 0 Å². The van der Waals surface area contributed by atoms with Crippen molar-refractivity contribution in [2.75, 3.05) is 43.0 Å². The highest BCUT2D eigenvalue weighted by Crippen LogP contribution is 2.28. The summed E-state index contributed by atoms with van der Waals surface area (Å²) in [7, 11) is 0. The van der Waals surface area contributed by atoms with Gasteiger partial charge in [0.1, 0.15) is 11.6 Å². The monoisotopic (exact) mass is 522 g/mol. The molecule has 0 atom stereocenters. The molecule has 1 amide bonds. The van der Waals surface area contributed by atoms with E-state index in [1.807, 2.05) is 42.5 Å². The third-order valence-electron chi connectivity index (χ3n) is 6.91. The van der Waals surface area contributed by atoms with E-state index in [4.69, 9.17) is 9.72 Å². The maximum absolute atomic E-state index is 12.4. The zero-order valence-electron chi connectivity index (χ0n) is 19.6. The summed E-state index contributed by atoms with van der Waals surface area (Å²) >= 11 is 3.39. The first-order chi connectivity index (χ1) is 16.5. The number of hydrogen-bond acceptors (Lipinski definition) is 5. The van der Waals surface area contributed by atoms with Crippen molar-refractivity contribution in [2.24, 2.45) is 0 Å². The number of aryl methyl sites for hydroxylation is 1. The molecule has 2 aliphatic heterocycles. The second-order valence-corrected chi connectivity index (χ2v) is 10.2. The molecule has 0 spiro atoms. The lowest BCUT2D eigenvalue weighted by atomic mass is 10.0. The van der Waals surface area contributed by atoms with Crippen LogP contribution in [-0.4, -0.2) is 54.6 Å². The second-order valence-electron chi connectivity index (χ2n) is 9.28. The Morgan fingerprint density at radius 3 is 2.53 bits per heavy atom. The number of rotatable bonds is 6. The molecule has 1 aromatic heterocycles. The molecule has 6 nitrogen and oxygen atoms in total. The molecule has 2 aromatic carbocycles. The average Bonchev–Trinajstić information content (AvgIpc) is 3.39. The lowest BCUT2D eigenvalue weighted by Crippen LogP contribution is -2.44. The van der Waals surface area contributed by atoms with Crippen LogP contribution in [0.25, 0.3) is 10.9 Å². The molecule has 2 saturated heterocycles. The third-order valence-corrected chi connectivity index (χ3v) is 7.44. The number of halogens is 1. The molecule has 2 fully saturated rings. The van der Waals surface area contributed by atoms with Crippen molar-refractivity contribution in [3.63, 3.8) is 0 Å². The molecule has 1 N–H and O–H groups in total. The molecule has 0 saturated carbocycles. The Bertz CT molecular complexity index is 1150. The van der Waals surface area contributed by atoms with Gasteiger partial charge >= 0.3 is 0 Å². The minimum atomic E-state index is -0.189. The zero-order valence-corrected chi connectivity index (χ0v) is 21.2. The molecule has 3 aromatic rings. The van der Waals surface area contributed by atoms with Gasteiger partial charge in [-0.05, 0) is 99.8 Å². The van der Waals surface area contributed by atoms with Gasteiger partial charge < -0.3 is 19.9 Å². The highest BCUT2D eigenvalue weighted by Gasteiger charge is 2.27. The zero-order chi connectivity index (χ0) is 23.5. The first-order valence-electron chi connectivity index (χ1n) is 12.1. The van der Waals surface area contributed by atoms with Crippen LogP contribution in [0.1, 0.15) is 31.2 Å². The molecule has 7 heteroatoms. The molecule has 3 heterocycles. The van der Waals surface area contributed by atoms with Gasteiger partial charge in [0.25, 0.3) is 5.91 Å². The summed E-state index contributed by atoms with van der Waals surface area (Å²) in [5, 5.41) is 3.99. The number of piperidine rings is 1. The molecular formula is C27H31BrN4O2. The van der Waals surface area contributed by atoms with Gasteiger partial charge in [0.15, 0.2) is 6.61 Å². The number of likely N-dealkylation sites (tertiary alicyclic amines) is 1. The van der Waals surface area contributed by atoms with Gasteiger partial charge in [-0.3, -0.25) is 4.79 Å². The second kappa shape index (κ2) is 10.3. The van der Waals surface area contributed by atoms with Gasteiger partial charge in [-0.1, -0.05) is 15.9 Å². The molecule has 0 unspecified atom stereocenters. The van der Waals surface area contributed by atoms with Crippen molar-refractivity contribution < 1.29 is 9.53 Å². The van der Waals surface area contributed by atoms with E-state index in [2.05, 4.69) is 44.0 Å². The number of amides is 1. The summed E-state index contributed by atoms with van der Waals surface area (Å²) in [6.07, 6.45) is 5.14. The van der Waals surface area contributed by atoms with E-state index in [0.29, 0.717) is 5.75 Å². The Kier molecular flexibility index (Phi) is 7.02. The molecule has 5 rings (SSSR count). The predicted molar refractivity (Wildman–Crippen MR) is 141 cm³/mol. The largest absolute Gasteiger partial charge is 0.484 e. The number of anilines is 2. The van der Waals surface area contributed by atoms with Crippen LogP contribution < -0.4 is 15.0 Å². The fourth-order valence-corrected chi connectivity index (χ4v) is 5.32. The molecule has 0 aliphatic carbocycles. The maximum Gasteiger partial charge on any atom is 0.262 e. The summed E-state index contributed by atoms with van der Waals surface area (Å²) in [6.45, 7) is 6.74. The molecule has 34 heavy (non-hydrogen) atoms. The quantitative estimate of drug-likeness (QED) is 0.470. The summed E-state index contributed by atoms with van der Waals surface area (Å²) in [6, 6.07) is 16.2. The van der Waals surface area contributed by atoms with Gasteiger partial charge in [-0.15, -0.1) is 0 Å². The SMILES string of the molecule is Cc1cc(N2CCC(N3CCCC3)CC2)nc2ccc(NC(=O)COc3ccc(Br)cc3)cc12. The predicted octanol–water partition coefficient (Wildman–Crippen LogP) is 5.39. The third kappa shape index (κ3) is 5.36. The van der Waals surface area contributed by atoms with E-state index in [1.165, 1.54) is 44.3 Å². The van der Waals surface area contributed by atoms with Crippen LogP contribution in [0, 0.1) is 6.92 Å². The average molecular weight is 523 g/mol. The van der Waals surface area contributed by atoms with Gasteiger partial charge in [0.2, 0.25) is 0 Å². The molecule has 0 radical (unpaired) electrons. The van der Waals surface area contributed by atoms with Crippen LogP contribution in [0.3, 0.4) is 0 Å². The smallest absolute Gasteiger partial charge is 0.262 e. The lowest BCUT2D eigenvalue weighted by molar-refractivity contribution is -0.118. The summed E-state index contributed by atoms with van der Waals surface area (Å²) in [5.74, 6) is 1.53. The van der Waals surface area contributed by atoms with E-state index >= 15 is 0 Å². The Labute approximate surface area is 209 Å². The van der Waals surface area contributed by atoms with Crippen LogP contribution in [-0.2, 0) is 4.79 Å². The number of fused-ring (bicyclic) bond motifs is 1. The fourth-order valence-electron chi connectivity index (χ4n) is 5.06. The molecular weight excluding hydrogens is 492 g/mol. The van der Waals surface area contributed by atoms with Crippen molar-refractivity contribution >= 4 is 44.2 Å². The number of nitrogens with zero attached hydrogens (tertiary/aromatic N) is 3. The highest BCUT2D eigenvalue weighted by molar-refractivity contribution is 9.10. The lowest BCUT2D eigenvalue weighted by Gasteiger charge is -2.37. The van der Waals surface area contributed by atoms with Crippen molar-refractivity contribution in [1.82, 2.24) is 9.88 Å². The van der Waals surface area contributed by atoms with Crippen molar-refractivity contribution in [3.8, 4) is 5.75 Å². The van der Waals surface area contributed by atoms with E-state index in [9.17, 15) is 4.79 Å². The number of pyridine rings is 1. The van der Waals surface area contributed by atoms with Crippen molar-refractivity contribution in [3.05, 3.63) is 58.6 Å². The number of aromatic nitrogens is 1. The van der Waals surface area contributed by atoms with Crippen LogP contribution >= 0.6 is 15.9 Å². The standard InChI is InChI=1S/C27H31BrN4O2/c1-19-16-26(32-14-10-22(11-15-32)31-12-2-3-13-31)30-25-9-6-21(17-24(19)25)29-27(33)18-34-23-7-4-20(28)5-8-23/h4-9,16-17,22H,2-3,10-15,18H2,1H3,(H,29,33). The number of carbonyl (C=O) groups is 1. The number of benzene rings is 2. The van der Waals surface area contributed by atoms with Gasteiger partial charge in [0, 0.05) is 34.7 Å². The van der Waals surface area contributed by atoms with Crippen LogP contribution in [0.2, 0.25) is 0 Å². The van der Waals surface area contributed by atoms with Crippen molar-refractivity contribution in [1.29, 1.82) is 0 Å². The topological polar surface area (TPSA) is 57.7 Å². The molecule has 178 valence electrons. The fraction of sp³-hybridized carbons (Fsp3) is 0.407. The Morgan fingerprint density at radius 2 is 1.79 bits per heavy atom. The summed E-state index contributed by atoms with van der Waals surface area (Å²) in [4.78, 5) is 22.4. The van der Waals surface area contributed by atoms with Gasteiger partial charge in [-0.2, -0.15) is 0 Å². The van der Waals surface area contributed by atoms with E-state index in [-0.39, 0.29) is 12.5 Å². The van der Waals surface area contributed by atoms with Crippen molar-refractivity contribution in [2.45, 2.75) is 38.6 Å². The Morgan fingerprint density at radius 1 is 1.06 bits per heavy atom. The van der Waals surface area contributed by atoms with Gasteiger partial charge in [-0.25, -0.2) is 4.98 Å². The Hall–Kier alpha value is -2.64. The maximum atomic E-state index is 12.4. The number of hydrogen-bond donors (Lipinski definition) is 1. The van der Waals surface area contributed by atoms with E-state index in [0.717, 1.165) is 46.0 Å². The van der Waals surface area contributed by atoms with E-state index < -0.39 is 0 Å². The highest BCUT2D eigenvalue weighted by atomic mass is 79.9. The minimum absolute atomic E-state index is 0.0385. The minimum Gasteiger partial charge on any atom is -0.484 e. The summed E-state index contributed by atoms with van der Waals surface area (Å²) in [5.41, 5.74) is 2.88. The first-order valence-corrected chi connectivity index (χ1v) is 12.9. The number of ether oxygens (including phenoxy) is 1. The number of carbonyl (C=O) groups excluding carboxylic acids is 1. The Balaban J connectivity index is 1.21.